The number of oxime groups is 1. The number of nitrogens with zero attached hydrogens (tertiary/aromatic N) is 6. The Balaban J connectivity index is 1.83. The fraction of sp³-hybridized carbons (Fsp3) is 0.625. The lowest BCUT2D eigenvalue weighted by atomic mass is 9.98. The van der Waals surface area contributed by atoms with Gasteiger partial charge in [-0.2, -0.15) is 4.80 Å². The second kappa shape index (κ2) is 11.8. The highest BCUT2D eigenvalue weighted by atomic mass is 32.1. The van der Waals surface area contributed by atoms with Crippen LogP contribution in [-0.2, 0) is 35.2 Å². The quantitative estimate of drug-likeness (QED) is 0.164. The highest BCUT2D eigenvalue weighted by Gasteiger charge is 2.42. The third-order valence-electron chi connectivity index (χ3n) is 5.04. The molecule has 1 aliphatic heterocycles. The summed E-state index contributed by atoms with van der Waals surface area (Å²) in [5, 5.41) is 25.1. The van der Waals surface area contributed by atoms with E-state index in [-0.39, 0.29) is 23.1 Å². The van der Waals surface area contributed by atoms with Gasteiger partial charge in [-0.1, -0.05) is 5.16 Å². The maximum atomic E-state index is 13.4. The number of anilines is 1. The average Bonchev–Trinajstić information content (AvgIpc) is 3.43. The highest BCUT2D eigenvalue weighted by Crippen LogP contribution is 2.21. The standard InChI is InChI=1S/C24H35N9O7S/c1-12-29-32-33(30-12)10-13-15(17(34)25-13)27-18(35)16(31-40-24(8,9)19(36)38-22(2,3)4)14-11-41-20(26-14)28-21(37)39-23(5,6)7/h11,13,15H,10H2,1-9H3,(H,25,34)(H,27,35)(H,26,28,37)/b31-16+/t13-,15+/m1/s1. The summed E-state index contributed by atoms with van der Waals surface area (Å²) in [6.45, 7) is 14.9. The van der Waals surface area contributed by atoms with E-state index in [4.69, 9.17) is 14.3 Å². The van der Waals surface area contributed by atoms with Crippen LogP contribution in [0, 0.1) is 6.92 Å². The number of hydrogen-bond donors (Lipinski definition) is 3. The van der Waals surface area contributed by atoms with Crippen LogP contribution in [0.15, 0.2) is 10.5 Å². The van der Waals surface area contributed by atoms with Gasteiger partial charge in [0, 0.05) is 5.38 Å². The number of carbonyl (C=O) groups is 4. The number of aryl methyl sites for hydroxylation is 1. The van der Waals surface area contributed by atoms with Crippen molar-refractivity contribution in [1.29, 1.82) is 0 Å². The number of tetrazole rings is 1. The number of rotatable bonds is 9. The van der Waals surface area contributed by atoms with E-state index in [0.717, 1.165) is 11.3 Å². The average molecular weight is 594 g/mol. The van der Waals surface area contributed by atoms with Gasteiger partial charge in [-0.3, -0.25) is 14.9 Å². The molecule has 2 aromatic rings. The zero-order valence-electron chi connectivity index (χ0n) is 24.4. The van der Waals surface area contributed by atoms with Crippen LogP contribution in [0.3, 0.4) is 0 Å². The van der Waals surface area contributed by atoms with Gasteiger partial charge < -0.3 is 24.9 Å². The van der Waals surface area contributed by atoms with E-state index in [1.807, 2.05) is 0 Å². The maximum absolute atomic E-state index is 13.4. The van der Waals surface area contributed by atoms with Crippen LogP contribution >= 0.6 is 11.3 Å². The SMILES string of the molecule is Cc1nnn(C[C@H]2NC(=O)[C@H]2NC(=O)/C(=N/OC(C)(C)C(=O)OC(C)(C)C)c2csc(NC(=O)OC(C)(C)C)n2)n1. The van der Waals surface area contributed by atoms with Crippen LogP contribution in [0.1, 0.15) is 66.9 Å². The van der Waals surface area contributed by atoms with Crippen molar-refractivity contribution in [2.24, 2.45) is 5.16 Å². The summed E-state index contributed by atoms with van der Waals surface area (Å²) in [6.07, 6.45) is -0.741. The largest absolute Gasteiger partial charge is 0.457 e. The lowest BCUT2D eigenvalue weighted by Crippen LogP contribution is -2.70. The van der Waals surface area contributed by atoms with Crippen molar-refractivity contribution in [3.63, 3.8) is 0 Å². The van der Waals surface area contributed by atoms with Gasteiger partial charge in [-0.05, 0) is 67.5 Å². The number of nitrogens with one attached hydrogen (secondary N) is 3. The summed E-state index contributed by atoms with van der Waals surface area (Å²) >= 11 is 1.00. The summed E-state index contributed by atoms with van der Waals surface area (Å²) in [6, 6.07) is -1.48. The van der Waals surface area contributed by atoms with Gasteiger partial charge in [0.15, 0.2) is 16.7 Å². The zero-order valence-corrected chi connectivity index (χ0v) is 25.2. The molecular weight excluding hydrogens is 558 g/mol. The molecule has 1 aliphatic rings. The Labute approximate surface area is 240 Å². The van der Waals surface area contributed by atoms with Crippen molar-refractivity contribution >= 4 is 46.1 Å². The first-order valence-electron chi connectivity index (χ1n) is 12.6. The van der Waals surface area contributed by atoms with Gasteiger partial charge in [0.2, 0.25) is 11.5 Å². The number of aromatic nitrogens is 5. The summed E-state index contributed by atoms with van der Waals surface area (Å²) in [5.74, 6) is -1.50. The molecule has 0 saturated carbocycles. The van der Waals surface area contributed by atoms with Gasteiger partial charge >= 0.3 is 12.1 Å². The Morgan fingerprint density at radius 1 is 1.10 bits per heavy atom. The molecule has 1 fully saturated rings. The first-order valence-corrected chi connectivity index (χ1v) is 13.5. The molecule has 2 atom stereocenters. The first kappa shape index (κ1) is 31.4. The Morgan fingerprint density at radius 3 is 2.32 bits per heavy atom. The molecule has 3 N–H and O–H groups in total. The van der Waals surface area contributed by atoms with Gasteiger partial charge in [-0.25, -0.2) is 14.6 Å². The second-order valence-electron chi connectivity index (χ2n) is 11.7. The van der Waals surface area contributed by atoms with Crippen LogP contribution in [0.5, 0.6) is 0 Å². The van der Waals surface area contributed by atoms with E-state index in [0.29, 0.717) is 5.82 Å². The number of ether oxygens (including phenoxy) is 2. The maximum Gasteiger partial charge on any atom is 0.413 e. The van der Waals surface area contributed by atoms with Crippen molar-refractivity contribution in [3.05, 3.63) is 16.9 Å². The molecule has 2 aromatic heterocycles. The first-order chi connectivity index (χ1) is 18.8. The fourth-order valence-electron chi connectivity index (χ4n) is 3.18. The number of amides is 3. The Morgan fingerprint density at radius 2 is 1.76 bits per heavy atom. The summed E-state index contributed by atoms with van der Waals surface area (Å²) in [5.41, 5.74) is -3.44. The smallest absolute Gasteiger partial charge is 0.413 e. The minimum Gasteiger partial charge on any atom is -0.457 e. The summed E-state index contributed by atoms with van der Waals surface area (Å²) < 4.78 is 10.6. The van der Waals surface area contributed by atoms with Crippen LogP contribution < -0.4 is 16.0 Å². The van der Waals surface area contributed by atoms with Crippen LogP contribution in [-0.4, -0.2) is 83.7 Å². The molecule has 41 heavy (non-hydrogen) atoms. The van der Waals surface area contributed by atoms with Crippen LogP contribution in [0.25, 0.3) is 0 Å². The molecule has 3 rings (SSSR count). The summed E-state index contributed by atoms with van der Waals surface area (Å²) in [7, 11) is 0. The molecule has 3 heterocycles. The van der Waals surface area contributed by atoms with E-state index in [2.05, 4.69) is 41.5 Å². The van der Waals surface area contributed by atoms with Gasteiger partial charge in [0.1, 0.15) is 22.9 Å². The molecule has 0 radical (unpaired) electrons. The Kier molecular flexibility index (Phi) is 9.00. The number of thiazole rings is 1. The minimum absolute atomic E-state index is 0.0170. The third kappa shape index (κ3) is 8.92. The van der Waals surface area contributed by atoms with Crippen LogP contribution in [0.4, 0.5) is 9.93 Å². The molecule has 224 valence electrons. The number of β-lactam (4-membered cyclic amide) rings is 1. The van der Waals surface area contributed by atoms with E-state index < -0.39 is 52.8 Å². The van der Waals surface area contributed by atoms with Crippen molar-refractivity contribution in [2.45, 2.75) is 97.7 Å². The molecule has 16 nitrogen and oxygen atoms in total. The lowest BCUT2D eigenvalue weighted by Gasteiger charge is -2.36. The van der Waals surface area contributed by atoms with E-state index in [9.17, 15) is 19.2 Å². The Hall–Kier alpha value is -4.15. The molecule has 1 saturated heterocycles. The topological polar surface area (TPSA) is 201 Å². The van der Waals surface area contributed by atoms with Crippen molar-refractivity contribution in [3.8, 4) is 0 Å². The second-order valence-corrected chi connectivity index (χ2v) is 12.5. The monoisotopic (exact) mass is 593 g/mol. The van der Waals surface area contributed by atoms with Crippen molar-refractivity contribution in [2.75, 3.05) is 5.32 Å². The molecule has 0 aliphatic carbocycles. The highest BCUT2D eigenvalue weighted by molar-refractivity contribution is 7.14. The van der Waals surface area contributed by atoms with E-state index >= 15 is 0 Å². The van der Waals surface area contributed by atoms with Gasteiger partial charge in [0.25, 0.3) is 5.91 Å². The Bertz CT molecular complexity index is 1340. The molecule has 0 aromatic carbocycles. The zero-order chi connectivity index (χ0) is 30.8. The van der Waals surface area contributed by atoms with Crippen molar-refractivity contribution in [1.82, 2.24) is 35.8 Å². The fourth-order valence-corrected chi connectivity index (χ4v) is 3.86. The predicted octanol–water partition coefficient (Wildman–Crippen LogP) is 1.31. The minimum atomic E-state index is -1.58. The predicted molar refractivity (Wildman–Crippen MR) is 146 cm³/mol. The molecule has 0 spiro atoms. The van der Waals surface area contributed by atoms with E-state index in [1.165, 1.54) is 24.0 Å². The number of carbonyl (C=O) groups excluding carboxylic acids is 4. The van der Waals surface area contributed by atoms with Gasteiger partial charge in [-0.15, -0.1) is 21.5 Å². The number of hydrogen-bond acceptors (Lipinski definition) is 13. The van der Waals surface area contributed by atoms with Crippen molar-refractivity contribution < 1.29 is 33.5 Å². The molecule has 0 unspecified atom stereocenters. The molecule has 3 amide bonds. The van der Waals surface area contributed by atoms with Gasteiger partial charge in [0.05, 0.1) is 12.6 Å². The molecule has 0 bridgehead atoms. The molecule has 17 heteroatoms. The lowest BCUT2D eigenvalue weighted by molar-refractivity contribution is -0.179. The molecular formula is C24H35N9O7S. The van der Waals surface area contributed by atoms with E-state index in [1.54, 1.807) is 48.5 Å². The normalized spacial score (nSPS) is 17.7. The summed E-state index contributed by atoms with van der Waals surface area (Å²) in [4.78, 5) is 61.6. The van der Waals surface area contributed by atoms with Crippen LogP contribution in [0.2, 0.25) is 0 Å². The third-order valence-corrected chi connectivity index (χ3v) is 5.80. The number of esters is 1.